The van der Waals surface area contributed by atoms with Crippen LogP contribution in [0.25, 0.3) is 10.9 Å². The van der Waals surface area contributed by atoms with Crippen LogP contribution in [0.1, 0.15) is 32.2 Å². The summed E-state index contributed by atoms with van der Waals surface area (Å²) in [4.78, 5) is 29.2. The van der Waals surface area contributed by atoms with Crippen molar-refractivity contribution in [2.45, 2.75) is 13.1 Å². The lowest BCUT2D eigenvalue weighted by molar-refractivity contribution is -0.136. The van der Waals surface area contributed by atoms with Gasteiger partial charge in [0.2, 0.25) is 0 Å². The second kappa shape index (κ2) is 8.59. The van der Waals surface area contributed by atoms with Gasteiger partial charge in [0.25, 0.3) is 11.8 Å². The van der Waals surface area contributed by atoms with Gasteiger partial charge in [-0.05, 0) is 61.5 Å². The Labute approximate surface area is 190 Å². The standard InChI is InChI=1S/C23H15ClF3N3O3/c1-12-16(10-13-9-14(24)4-6-18(13)28-12)21(31)30-19-7-5-15(11-17(19)23(25,26)27)29-22(32)20-3-2-8-33-20/h2-11H,1H3,(H,29,32)(H,30,31). The summed E-state index contributed by atoms with van der Waals surface area (Å²) in [6.07, 6.45) is -3.52. The van der Waals surface area contributed by atoms with E-state index in [0.29, 0.717) is 21.6 Å². The van der Waals surface area contributed by atoms with Crippen molar-refractivity contribution in [3.8, 4) is 0 Å². The number of anilines is 2. The van der Waals surface area contributed by atoms with Crippen LogP contribution >= 0.6 is 11.6 Å². The molecule has 2 aromatic carbocycles. The maximum Gasteiger partial charge on any atom is 0.418 e. The van der Waals surface area contributed by atoms with Gasteiger partial charge in [-0.2, -0.15) is 13.2 Å². The highest BCUT2D eigenvalue weighted by molar-refractivity contribution is 6.31. The lowest BCUT2D eigenvalue weighted by atomic mass is 10.1. The molecule has 0 aliphatic rings. The minimum absolute atomic E-state index is 0.0553. The number of alkyl halides is 3. The Bertz CT molecular complexity index is 1370. The van der Waals surface area contributed by atoms with Gasteiger partial charge in [-0.25, -0.2) is 0 Å². The lowest BCUT2D eigenvalue weighted by Gasteiger charge is -2.16. The fourth-order valence-corrected chi connectivity index (χ4v) is 3.41. The molecule has 2 heterocycles. The van der Waals surface area contributed by atoms with Crippen molar-refractivity contribution in [3.05, 3.63) is 88.5 Å². The summed E-state index contributed by atoms with van der Waals surface area (Å²) in [7, 11) is 0. The van der Waals surface area contributed by atoms with Crippen LogP contribution in [0.3, 0.4) is 0 Å². The second-order valence-electron chi connectivity index (χ2n) is 7.10. The fourth-order valence-electron chi connectivity index (χ4n) is 3.23. The van der Waals surface area contributed by atoms with E-state index in [1.165, 1.54) is 30.5 Å². The van der Waals surface area contributed by atoms with Gasteiger partial charge in [0.1, 0.15) is 0 Å². The summed E-state index contributed by atoms with van der Waals surface area (Å²) < 4.78 is 46.1. The third kappa shape index (κ3) is 4.83. The zero-order valence-electron chi connectivity index (χ0n) is 17.0. The van der Waals surface area contributed by atoms with Crippen LogP contribution in [0.2, 0.25) is 5.02 Å². The lowest BCUT2D eigenvalue weighted by Crippen LogP contribution is -2.19. The molecular weight excluding hydrogens is 459 g/mol. The molecule has 2 N–H and O–H groups in total. The van der Waals surface area contributed by atoms with Gasteiger partial charge in [-0.15, -0.1) is 0 Å². The number of rotatable bonds is 4. The van der Waals surface area contributed by atoms with Crippen molar-refractivity contribution >= 4 is 45.7 Å². The molecule has 6 nitrogen and oxygen atoms in total. The fraction of sp³-hybridized carbons (Fsp3) is 0.0870. The van der Waals surface area contributed by atoms with Crippen LogP contribution in [0, 0.1) is 6.92 Å². The topological polar surface area (TPSA) is 84.2 Å². The molecule has 0 saturated carbocycles. The molecule has 0 aliphatic heterocycles. The number of aryl methyl sites for hydroxylation is 1. The smallest absolute Gasteiger partial charge is 0.418 e. The van der Waals surface area contributed by atoms with E-state index in [1.807, 2.05) is 0 Å². The SMILES string of the molecule is Cc1nc2ccc(Cl)cc2cc1C(=O)Nc1ccc(NC(=O)c2ccco2)cc1C(F)(F)F. The van der Waals surface area contributed by atoms with Gasteiger partial charge < -0.3 is 15.1 Å². The highest BCUT2D eigenvalue weighted by Gasteiger charge is 2.34. The Morgan fingerprint density at radius 3 is 2.48 bits per heavy atom. The van der Waals surface area contributed by atoms with E-state index >= 15 is 0 Å². The molecule has 2 aromatic heterocycles. The number of carbonyl (C=O) groups excluding carboxylic acids is 2. The summed E-state index contributed by atoms with van der Waals surface area (Å²) in [5, 5.41) is 5.64. The molecule has 0 radical (unpaired) electrons. The van der Waals surface area contributed by atoms with Gasteiger partial charge in [-0.3, -0.25) is 14.6 Å². The first kappa shape index (κ1) is 22.3. The monoisotopic (exact) mass is 473 g/mol. The summed E-state index contributed by atoms with van der Waals surface area (Å²) in [6.45, 7) is 1.58. The predicted octanol–water partition coefficient (Wildman–Crippen LogP) is 6.31. The van der Waals surface area contributed by atoms with E-state index in [9.17, 15) is 22.8 Å². The Morgan fingerprint density at radius 2 is 1.79 bits per heavy atom. The number of pyridine rings is 1. The van der Waals surface area contributed by atoms with Crippen LogP contribution < -0.4 is 10.6 Å². The first-order valence-electron chi connectivity index (χ1n) is 9.56. The van der Waals surface area contributed by atoms with Crippen LogP contribution in [-0.4, -0.2) is 16.8 Å². The molecule has 10 heteroatoms. The van der Waals surface area contributed by atoms with Crippen LogP contribution in [-0.2, 0) is 6.18 Å². The molecule has 0 unspecified atom stereocenters. The molecule has 168 valence electrons. The number of nitrogens with one attached hydrogen (secondary N) is 2. The van der Waals surface area contributed by atoms with Gasteiger partial charge in [-0.1, -0.05) is 11.6 Å². The zero-order chi connectivity index (χ0) is 23.8. The van der Waals surface area contributed by atoms with Crippen molar-refractivity contribution in [1.82, 2.24) is 4.98 Å². The van der Waals surface area contributed by atoms with E-state index in [4.69, 9.17) is 16.0 Å². The molecule has 0 fully saturated rings. The Balaban J connectivity index is 1.64. The van der Waals surface area contributed by atoms with Gasteiger partial charge >= 0.3 is 6.18 Å². The van der Waals surface area contributed by atoms with Gasteiger partial charge in [0, 0.05) is 16.1 Å². The number of benzene rings is 2. The number of aromatic nitrogens is 1. The Kier molecular flexibility index (Phi) is 5.82. The Hall–Kier alpha value is -3.85. The number of halogens is 4. The number of nitrogens with zero attached hydrogens (tertiary/aromatic N) is 1. The maximum atomic E-state index is 13.7. The summed E-state index contributed by atoms with van der Waals surface area (Å²) in [5.41, 5.74) is -0.649. The van der Waals surface area contributed by atoms with E-state index in [0.717, 1.165) is 12.1 Å². The van der Waals surface area contributed by atoms with Crippen LogP contribution in [0.5, 0.6) is 0 Å². The maximum absolute atomic E-state index is 13.7. The number of fused-ring (bicyclic) bond motifs is 1. The van der Waals surface area contributed by atoms with E-state index in [1.54, 1.807) is 25.1 Å². The molecule has 0 atom stereocenters. The highest BCUT2D eigenvalue weighted by Crippen LogP contribution is 2.37. The molecule has 4 rings (SSSR count). The third-order valence-corrected chi connectivity index (χ3v) is 5.02. The molecule has 0 bridgehead atoms. The molecule has 33 heavy (non-hydrogen) atoms. The first-order valence-corrected chi connectivity index (χ1v) is 9.94. The first-order chi connectivity index (χ1) is 15.6. The van der Waals surface area contributed by atoms with Crippen LogP contribution in [0.4, 0.5) is 24.5 Å². The normalized spacial score (nSPS) is 11.4. The van der Waals surface area contributed by atoms with E-state index in [-0.39, 0.29) is 17.0 Å². The largest absolute Gasteiger partial charge is 0.459 e. The highest BCUT2D eigenvalue weighted by atomic mass is 35.5. The molecule has 0 saturated heterocycles. The summed E-state index contributed by atoms with van der Waals surface area (Å²) in [6, 6.07) is 12.4. The minimum Gasteiger partial charge on any atom is -0.459 e. The quantitative estimate of drug-likeness (QED) is 0.363. The summed E-state index contributed by atoms with van der Waals surface area (Å²) >= 11 is 5.99. The van der Waals surface area contributed by atoms with Crippen molar-refractivity contribution in [2.75, 3.05) is 10.6 Å². The van der Waals surface area contributed by atoms with Crippen molar-refractivity contribution in [1.29, 1.82) is 0 Å². The molecule has 0 spiro atoms. The average Bonchev–Trinajstić information content (AvgIpc) is 3.29. The van der Waals surface area contributed by atoms with Crippen LogP contribution in [0.15, 0.2) is 65.3 Å². The number of hydrogen-bond donors (Lipinski definition) is 2. The molecular formula is C23H15ClF3N3O3. The van der Waals surface area contributed by atoms with Gasteiger partial charge in [0.15, 0.2) is 5.76 Å². The number of carbonyl (C=O) groups is 2. The molecule has 2 amide bonds. The average molecular weight is 474 g/mol. The van der Waals surface area contributed by atoms with E-state index in [2.05, 4.69) is 15.6 Å². The second-order valence-corrected chi connectivity index (χ2v) is 7.54. The zero-order valence-corrected chi connectivity index (χ0v) is 17.7. The number of hydrogen-bond acceptors (Lipinski definition) is 4. The van der Waals surface area contributed by atoms with E-state index < -0.39 is 29.2 Å². The van der Waals surface area contributed by atoms with Crippen molar-refractivity contribution < 1.29 is 27.2 Å². The van der Waals surface area contributed by atoms with Gasteiger partial charge in [0.05, 0.1) is 34.3 Å². The third-order valence-electron chi connectivity index (χ3n) is 4.79. The number of amides is 2. The van der Waals surface area contributed by atoms with Crippen molar-refractivity contribution in [2.24, 2.45) is 0 Å². The Morgan fingerprint density at radius 1 is 1.00 bits per heavy atom. The molecule has 0 aliphatic carbocycles. The number of furan rings is 1. The molecule has 4 aromatic rings. The van der Waals surface area contributed by atoms with Crippen molar-refractivity contribution in [3.63, 3.8) is 0 Å². The minimum atomic E-state index is -4.79. The summed E-state index contributed by atoms with van der Waals surface area (Å²) in [5.74, 6) is -1.53. The predicted molar refractivity (Wildman–Crippen MR) is 118 cm³/mol.